The summed E-state index contributed by atoms with van der Waals surface area (Å²) in [6.07, 6.45) is 4.30. The molecule has 0 saturated carbocycles. The lowest BCUT2D eigenvalue weighted by molar-refractivity contribution is -0.117. The maximum absolute atomic E-state index is 11.8. The summed E-state index contributed by atoms with van der Waals surface area (Å²) in [6, 6.07) is 1.60. The zero-order chi connectivity index (χ0) is 14.3. The molecule has 1 aromatic heterocycles. The number of esters is 1. The normalized spacial score (nSPS) is 11.7. The molecule has 0 fully saturated rings. The standard InChI is InChI=1S/C14H20N2O3/c1-4-10(3)8-13(17)16-12-6-7-15-9-11(12)14(18)19-5-2/h6-7,9-10H,4-5,8H2,1-3H3,(H,15,16,17). The summed E-state index contributed by atoms with van der Waals surface area (Å²) in [5.41, 5.74) is 0.726. The molecule has 19 heavy (non-hydrogen) atoms. The molecule has 1 N–H and O–H groups in total. The highest BCUT2D eigenvalue weighted by molar-refractivity contribution is 6.00. The molecule has 0 aliphatic rings. The van der Waals surface area contributed by atoms with E-state index in [0.717, 1.165) is 6.42 Å². The number of ether oxygens (including phenoxy) is 1. The van der Waals surface area contributed by atoms with Crippen molar-refractivity contribution in [2.24, 2.45) is 5.92 Å². The van der Waals surface area contributed by atoms with Crippen LogP contribution in [0.15, 0.2) is 18.5 Å². The largest absolute Gasteiger partial charge is 0.462 e. The minimum atomic E-state index is -0.477. The SMILES string of the molecule is CCOC(=O)c1cnccc1NC(=O)CC(C)CC. The van der Waals surface area contributed by atoms with Crippen LogP contribution in [0.5, 0.6) is 0 Å². The first-order chi connectivity index (χ1) is 9.08. The van der Waals surface area contributed by atoms with Crippen LogP contribution >= 0.6 is 0 Å². The number of pyridine rings is 1. The number of carbonyl (C=O) groups is 2. The fourth-order valence-electron chi connectivity index (χ4n) is 1.54. The van der Waals surface area contributed by atoms with Crippen LogP contribution < -0.4 is 5.32 Å². The van der Waals surface area contributed by atoms with Crippen molar-refractivity contribution in [1.82, 2.24) is 4.98 Å². The predicted octanol–water partition coefficient (Wildman–Crippen LogP) is 2.63. The quantitative estimate of drug-likeness (QED) is 0.802. The highest BCUT2D eigenvalue weighted by Crippen LogP contribution is 2.16. The molecule has 1 heterocycles. The van der Waals surface area contributed by atoms with Gasteiger partial charge in [-0.3, -0.25) is 9.78 Å². The van der Waals surface area contributed by atoms with Crippen LogP contribution in [0.3, 0.4) is 0 Å². The Labute approximate surface area is 113 Å². The molecule has 1 atom stereocenters. The third-order valence-electron chi connectivity index (χ3n) is 2.82. The van der Waals surface area contributed by atoms with Crippen LogP contribution in [0.4, 0.5) is 5.69 Å². The summed E-state index contributed by atoms with van der Waals surface area (Å²) in [7, 11) is 0. The minimum absolute atomic E-state index is 0.105. The third kappa shape index (κ3) is 4.69. The zero-order valence-electron chi connectivity index (χ0n) is 11.6. The second-order valence-corrected chi connectivity index (χ2v) is 4.41. The number of nitrogens with one attached hydrogen (secondary N) is 1. The second-order valence-electron chi connectivity index (χ2n) is 4.41. The van der Waals surface area contributed by atoms with Gasteiger partial charge in [-0.2, -0.15) is 0 Å². The van der Waals surface area contributed by atoms with Crippen LogP contribution in [-0.2, 0) is 9.53 Å². The van der Waals surface area contributed by atoms with Gasteiger partial charge in [0.05, 0.1) is 12.3 Å². The van der Waals surface area contributed by atoms with Gasteiger partial charge in [0.1, 0.15) is 5.56 Å². The Morgan fingerprint density at radius 1 is 1.42 bits per heavy atom. The van der Waals surface area contributed by atoms with Crippen LogP contribution in [0.2, 0.25) is 0 Å². The smallest absolute Gasteiger partial charge is 0.341 e. The van der Waals surface area contributed by atoms with E-state index in [9.17, 15) is 9.59 Å². The molecular formula is C14H20N2O3. The van der Waals surface area contributed by atoms with Gasteiger partial charge in [0.2, 0.25) is 5.91 Å². The maximum Gasteiger partial charge on any atom is 0.341 e. The van der Waals surface area contributed by atoms with Crippen LogP contribution in [0.25, 0.3) is 0 Å². The molecule has 0 bridgehead atoms. The fourth-order valence-corrected chi connectivity index (χ4v) is 1.54. The van der Waals surface area contributed by atoms with Gasteiger partial charge < -0.3 is 10.1 Å². The van der Waals surface area contributed by atoms with E-state index in [4.69, 9.17) is 4.74 Å². The van der Waals surface area contributed by atoms with Gasteiger partial charge in [0, 0.05) is 18.8 Å². The first-order valence-corrected chi connectivity index (χ1v) is 6.49. The summed E-state index contributed by atoms with van der Waals surface area (Å²) < 4.78 is 4.92. The molecule has 0 aliphatic heterocycles. The van der Waals surface area contributed by atoms with Crippen molar-refractivity contribution in [2.45, 2.75) is 33.6 Å². The summed E-state index contributed by atoms with van der Waals surface area (Å²) >= 11 is 0. The van der Waals surface area contributed by atoms with E-state index in [0.29, 0.717) is 18.0 Å². The Morgan fingerprint density at radius 2 is 2.16 bits per heavy atom. The molecule has 1 rings (SSSR count). The molecule has 1 aromatic rings. The van der Waals surface area contributed by atoms with Gasteiger partial charge in [-0.25, -0.2) is 4.79 Å². The average Bonchev–Trinajstić information content (AvgIpc) is 2.39. The molecule has 0 aliphatic carbocycles. The van der Waals surface area contributed by atoms with Crippen molar-refractivity contribution in [3.05, 3.63) is 24.0 Å². The van der Waals surface area contributed by atoms with E-state index in [1.54, 1.807) is 13.0 Å². The fraction of sp³-hybridized carbons (Fsp3) is 0.500. The molecule has 0 aromatic carbocycles. The van der Waals surface area contributed by atoms with E-state index in [1.807, 2.05) is 13.8 Å². The molecule has 1 amide bonds. The van der Waals surface area contributed by atoms with E-state index >= 15 is 0 Å². The average molecular weight is 264 g/mol. The lowest BCUT2D eigenvalue weighted by Gasteiger charge is -2.11. The highest BCUT2D eigenvalue weighted by Gasteiger charge is 2.15. The van der Waals surface area contributed by atoms with Crippen LogP contribution in [-0.4, -0.2) is 23.5 Å². The van der Waals surface area contributed by atoms with E-state index in [2.05, 4.69) is 10.3 Å². The molecular weight excluding hydrogens is 244 g/mol. The van der Waals surface area contributed by atoms with Crippen molar-refractivity contribution >= 4 is 17.6 Å². The van der Waals surface area contributed by atoms with Gasteiger partial charge in [-0.05, 0) is 18.9 Å². The first-order valence-electron chi connectivity index (χ1n) is 6.49. The first kappa shape index (κ1) is 15.1. The summed E-state index contributed by atoms with van der Waals surface area (Å²) in [5, 5.41) is 2.74. The summed E-state index contributed by atoms with van der Waals surface area (Å²) in [4.78, 5) is 27.4. The number of hydrogen-bond donors (Lipinski definition) is 1. The number of aromatic nitrogens is 1. The Morgan fingerprint density at radius 3 is 2.79 bits per heavy atom. The Kier molecular flexibility index (Phi) is 5.99. The topological polar surface area (TPSA) is 68.3 Å². The van der Waals surface area contributed by atoms with Crippen molar-refractivity contribution in [2.75, 3.05) is 11.9 Å². The number of rotatable bonds is 6. The van der Waals surface area contributed by atoms with E-state index in [-0.39, 0.29) is 18.1 Å². The minimum Gasteiger partial charge on any atom is -0.462 e. The van der Waals surface area contributed by atoms with E-state index < -0.39 is 5.97 Å². The van der Waals surface area contributed by atoms with Crippen LogP contribution in [0, 0.1) is 5.92 Å². The number of anilines is 1. The Bertz CT molecular complexity index is 446. The monoisotopic (exact) mass is 264 g/mol. The zero-order valence-corrected chi connectivity index (χ0v) is 11.6. The molecule has 5 nitrogen and oxygen atoms in total. The van der Waals surface area contributed by atoms with Gasteiger partial charge in [-0.15, -0.1) is 0 Å². The predicted molar refractivity (Wildman–Crippen MR) is 72.9 cm³/mol. The number of hydrogen-bond acceptors (Lipinski definition) is 4. The van der Waals surface area contributed by atoms with Gasteiger partial charge in [-0.1, -0.05) is 20.3 Å². The number of amides is 1. The molecule has 0 spiro atoms. The molecule has 0 saturated heterocycles. The van der Waals surface area contributed by atoms with Gasteiger partial charge in [0.15, 0.2) is 0 Å². The maximum atomic E-state index is 11.8. The second kappa shape index (κ2) is 7.51. The number of nitrogens with zero attached hydrogens (tertiary/aromatic N) is 1. The molecule has 1 unspecified atom stereocenters. The van der Waals surface area contributed by atoms with Gasteiger partial charge in [0.25, 0.3) is 0 Å². The number of carbonyl (C=O) groups excluding carboxylic acids is 2. The summed E-state index contributed by atoms with van der Waals surface area (Å²) in [5.74, 6) is -0.270. The highest BCUT2D eigenvalue weighted by atomic mass is 16.5. The van der Waals surface area contributed by atoms with Crippen molar-refractivity contribution in [3.8, 4) is 0 Å². The Hall–Kier alpha value is -1.91. The van der Waals surface area contributed by atoms with Crippen molar-refractivity contribution in [3.63, 3.8) is 0 Å². The third-order valence-corrected chi connectivity index (χ3v) is 2.82. The van der Waals surface area contributed by atoms with E-state index in [1.165, 1.54) is 12.4 Å². The van der Waals surface area contributed by atoms with Crippen molar-refractivity contribution < 1.29 is 14.3 Å². The molecule has 104 valence electrons. The van der Waals surface area contributed by atoms with Crippen LogP contribution in [0.1, 0.15) is 44.0 Å². The lowest BCUT2D eigenvalue weighted by atomic mass is 10.0. The summed E-state index contributed by atoms with van der Waals surface area (Å²) in [6.45, 7) is 6.07. The molecule has 5 heteroatoms. The lowest BCUT2D eigenvalue weighted by Crippen LogP contribution is -2.18. The van der Waals surface area contributed by atoms with Crippen molar-refractivity contribution in [1.29, 1.82) is 0 Å². The molecule has 0 radical (unpaired) electrons. The Balaban J connectivity index is 2.78. The van der Waals surface area contributed by atoms with Gasteiger partial charge >= 0.3 is 5.97 Å².